The Morgan fingerprint density at radius 2 is 2.05 bits per heavy atom. The molecule has 2 N–H and O–H groups in total. The zero-order valence-corrected chi connectivity index (χ0v) is 12.1. The summed E-state index contributed by atoms with van der Waals surface area (Å²) < 4.78 is 5.51. The van der Waals surface area contributed by atoms with E-state index in [1.54, 1.807) is 6.26 Å². The van der Waals surface area contributed by atoms with Gasteiger partial charge in [-0.05, 0) is 30.2 Å². The minimum absolute atomic E-state index is 0.0196. The van der Waals surface area contributed by atoms with Crippen LogP contribution in [0.3, 0.4) is 0 Å². The van der Waals surface area contributed by atoms with Gasteiger partial charge in [-0.3, -0.25) is 4.79 Å². The van der Waals surface area contributed by atoms with Crippen molar-refractivity contribution in [2.75, 3.05) is 13.1 Å². The molecule has 2 heterocycles. The first-order valence-corrected chi connectivity index (χ1v) is 7.35. The van der Waals surface area contributed by atoms with Gasteiger partial charge < -0.3 is 15.1 Å². The second-order valence-electron chi connectivity index (χ2n) is 5.61. The maximum absolute atomic E-state index is 12.5. The highest BCUT2D eigenvalue weighted by Gasteiger charge is 2.31. The number of rotatable bonds is 4. The Kier molecular flexibility index (Phi) is 4.06. The van der Waals surface area contributed by atoms with Crippen LogP contribution in [0.4, 0.5) is 0 Å². The van der Waals surface area contributed by atoms with Crippen molar-refractivity contribution >= 4 is 5.91 Å². The van der Waals surface area contributed by atoms with Crippen molar-refractivity contribution in [3.8, 4) is 0 Å². The highest BCUT2D eigenvalue weighted by Crippen LogP contribution is 2.24. The number of hydrogen-bond donors (Lipinski definition) is 2. The summed E-state index contributed by atoms with van der Waals surface area (Å²) in [6, 6.07) is 13.4. The van der Waals surface area contributed by atoms with Gasteiger partial charge in [0.1, 0.15) is 11.8 Å². The molecule has 21 heavy (non-hydrogen) atoms. The highest BCUT2D eigenvalue weighted by molar-refractivity contribution is 5.80. The molecule has 2 aromatic rings. The number of hydrogen-bond acceptors (Lipinski definition) is 3. The van der Waals surface area contributed by atoms with Crippen molar-refractivity contribution in [3.05, 3.63) is 60.1 Å². The third kappa shape index (κ3) is 3.00. The van der Waals surface area contributed by atoms with Crippen LogP contribution in [-0.4, -0.2) is 19.0 Å². The van der Waals surface area contributed by atoms with E-state index in [-0.39, 0.29) is 17.9 Å². The van der Waals surface area contributed by atoms with Gasteiger partial charge in [0.05, 0.1) is 12.2 Å². The van der Waals surface area contributed by atoms with Crippen molar-refractivity contribution in [1.82, 2.24) is 10.6 Å². The minimum atomic E-state index is -0.235. The SMILES string of the molecule is CC1CNCC1C(=O)NC(c1ccccc1)c1ccco1. The molecule has 1 aromatic heterocycles. The maximum Gasteiger partial charge on any atom is 0.225 e. The van der Waals surface area contributed by atoms with Crippen LogP contribution < -0.4 is 10.6 Å². The Morgan fingerprint density at radius 3 is 2.67 bits per heavy atom. The fraction of sp³-hybridized carbons (Fsp3) is 0.353. The van der Waals surface area contributed by atoms with Crippen LogP contribution in [0, 0.1) is 11.8 Å². The number of amides is 1. The molecule has 1 amide bonds. The molecule has 1 aromatic carbocycles. The molecule has 0 spiro atoms. The van der Waals surface area contributed by atoms with Crippen molar-refractivity contribution in [2.45, 2.75) is 13.0 Å². The fourth-order valence-electron chi connectivity index (χ4n) is 2.83. The monoisotopic (exact) mass is 284 g/mol. The Hall–Kier alpha value is -2.07. The first kappa shape index (κ1) is 13.9. The summed E-state index contributed by atoms with van der Waals surface area (Å²) in [6.45, 7) is 3.75. The Labute approximate surface area is 124 Å². The lowest BCUT2D eigenvalue weighted by atomic mass is 9.96. The van der Waals surface area contributed by atoms with E-state index in [4.69, 9.17) is 4.42 Å². The second kappa shape index (κ2) is 6.14. The number of benzene rings is 1. The molecular weight excluding hydrogens is 264 g/mol. The van der Waals surface area contributed by atoms with Crippen LogP contribution in [0.15, 0.2) is 53.1 Å². The predicted molar refractivity (Wildman–Crippen MR) is 80.7 cm³/mol. The van der Waals surface area contributed by atoms with E-state index >= 15 is 0 Å². The number of furan rings is 1. The van der Waals surface area contributed by atoms with Crippen molar-refractivity contribution in [3.63, 3.8) is 0 Å². The smallest absolute Gasteiger partial charge is 0.225 e. The Bertz CT molecular complexity index is 580. The van der Waals surface area contributed by atoms with Gasteiger partial charge in [0.2, 0.25) is 5.91 Å². The Morgan fingerprint density at radius 1 is 1.24 bits per heavy atom. The molecular formula is C17H20N2O2. The summed E-state index contributed by atoms with van der Waals surface area (Å²) >= 11 is 0. The van der Waals surface area contributed by atoms with E-state index in [1.807, 2.05) is 42.5 Å². The lowest BCUT2D eigenvalue weighted by Gasteiger charge is -2.21. The molecule has 4 nitrogen and oxygen atoms in total. The van der Waals surface area contributed by atoms with E-state index in [1.165, 1.54) is 0 Å². The molecule has 4 heteroatoms. The van der Waals surface area contributed by atoms with Gasteiger partial charge in [-0.15, -0.1) is 0 Å². The van der Waals surface area contributed by atoms with Gasteiger partial charge in [0.25, 0.3) is 0 Å². The predicted octanol–water partition coefficient (Wildman–Crippen LogP) is 2.34. The van der Waals surface area contributed by atoms with Crippen LogP contribution in [0.5, 0.6) is 0 Å². The fourth-order valence-corrected chi connectivity index (χ4v) is 2.83. The lowest BCUT2D eigenvalue weighted by Crippen LogP contribution is -2.37. The average Bonchev–Trinajstić information content (AvgIpc) is 3.17. The first-order valence-electron chi connectivity index (χ1n) is 7.35. The van der Waals surface area contributed by atoms with Crippen LogP contribution in [-0.2, 0) is 4.79 Å². The van der Waals surface area contributed by atoms with Gasteiger partial charge in [0, 0.05) is 6.54 Å². The van der Waals surface area contributed by atoms with E-state index in [9.17, 15) is 4.79 Å². The third-order valence-corrected chi connectivity index (χ3v) is 4.10. The summed E-state index contributed by atoms with van der Waals surface area (Å²) in [5, 5.41) is 6.40. The van der Waals surface area contributed by atoms with Gasteiger partial charge >= 0.3 is 0 Å². The standard InChI is InChI=1S/C17H20N2O2/c1-12-10-18-11-14(12)17(20)19-16(15-8-5-9-21-15)13-6-3-2-4-7-13/h2-9,12,14,16,18H,10-11H2,1H3,(H,19,20). The highest BCUT2D eigenvalue weighted by atomic mass is 16.3. The number of nitrogens with one attached hydrogen (secondary N) is 2. The molecule has 1 fully saturated rings. The van der Waals surface area contributed by atoms with Crippen LogP contribution in [0.25, 0.3) is 0 Å². The van der Waals surface area contributed by atoms with E-state index in [2.05, 4.69) is 17.6 Å². The Balaban J connectivity index is 1.82. The van der Waals surface area contributed by atoms with Crippen molar-refractivity contribution in [1.29, 1.82) is 0 Å². The molecule has 1 aliphatic heterocycles. The van der Waals surface area contributed by atoms with E-state index < -0.39 is 0 Å². The molecule has 0 saturated carbocycles. The van der Waals surface area contributed by atoms with E-state index in [0.29, 0.717) is 5.92 Å². The first-order chi connectivity index (χ1) is 10.3. The van der Waals surface area contributed by atoms with E-state index in [0.717, 1.165) is 24.4 Å². The zero-order chi connectivity index (χ0) is 14.7. The molecule has 3 atom stereocenters. The lowest BCUT2D eigenvalue weighted by molar-refractivity contribution is -0.126. The second-order valence-corrected chi connectivity index (χ2v) is 5.61. The summed E-state index contributed by atoms with van der Waals surface area (Å²) in [7, 11) is 0. The molecule has 0 aliphatic carbocycles. The summed E-state index contributed by atoms with van der Waals surface area (Å²) in [5.41, 5.74) is 1.03. The van der Waals surface area contributed by atoms with Gasteiger partial charge in [-0.1, -0.05) is 37.3 Å². The summed E-state index contributed by atoms with van der Waals surface area (Å²) in [4.78, 5) is 12.5. The number of carbonyl (C=O) groups is 1. The molecule has 1 aliphatic rings. The minimum Gasteiger partial charge on any atom is -0.467 e. The van der Waals surface area contributed by atoms with Crippen LogP contribution in [0.1, 0.15) is 24.3 Å². The molecule has 3 rings (SSSR count). The van der Waals surface area contributed by atoms with Gasteiger partial charge in [-0.25, -0.2) is 0 Å². The normalized spacial score (nSPS) is 22.9. The molecule has 0 radical (unpaired) electrons. The average molecular weight is 284 g/mol. The van der Waals surface area contributed by atoms with Gasteiger partial charge in [-0.2, -0.15) is 0 Å². The topological polar surface area (TPSA) is 54.3 Å². The van der Waals surface area contributed by atoms with Crippen molar-refractivity contribution in [2.24, 2.45) is 11.8 Å². The molecule has 1 saturated heterocycles. The van der Waals surface area contributed by atoms with Crippen LogP contribution >= 0.6 is 0 Å². The molecule has 110 valence electrons. The number of carbonyl (C=O) groups excluding carboxylic acids is 1. The molecule has 3 unspecified atom stereocenters. The summed E-state index contributed by atoms with van der Waals surface area (Å²) in [6.07, 6.45) is 1.64. The quantitative estimate of drug-likeness (QED) is 0.906. The zero-order valence-electron chi connectivity index (χ0n) is 12.1. The van der Waals surface area contributed by atoms with Crippen LogP contribution in [0.2, 0.25) is 0 Å². The van der Waals surface area contributed by atoms with Crippen molar-refractivity contribution < 1.29 is 9.21 Å². The maximum atomic E-state index is 12.5. The molecule has 0 bridgehead atoms. The van der Waals surface area contributed by atoms with Gasteiger partial charge in [0.15, 0.2) is 0 Å². The largest absolute Gasteiger partial charge is 0.467 e. The third-order valence-electron chi connectivity index (χ3n) is 4.10. The summed E-state index contributed by atoms with van der Waals surface area (Å²) in [5.74, 6) is 1.22.